The molecule has 4 nitrogen and oxygen atoms in total. The number of ether oxygens (including phenoxy) is 2. The molecule has 0 aliphatic carbocycles. The molecule has 2 N–H and O–H groups in total. The minimum Gasteiger partial charge on any atom is -0.493 e. The molecule has 114 valence electrons. The quantitative estimate of drug-likeness (QED) is 0.689. The van der Waals surface area contributed by atoms with Gasteiger partial charge >= 0.3 is 0 Å². The molecule has 0 radical (unpaired) electrons. The normalized spacial score (nSPS) is 12.2. The SMILES string of the molecule is CCCNCc1cc(Cl)cc(OC)c1OCC(C)CO. The number of hydrogen-bond acceptors (Lipinski definition) is 4. The monoisotopic (exact) mass is 301 g/mol. The van der Waals surface area contributed by atoms with Crippen LogP contribution in [0.25, 0.3) is 0 Å². The number of hydrogen-bond donors (Lipinski definition) is 2. The molecule has 0 saturated carbocycles. The van der Waals surface area contributed by atoms with Crippen molar-refractivity contribution < 1.29 is 14.6 Å². The van der Waals surface area contributed by atoms with Crippen LogP contribution >= 0.6 is 11.6 Å². The van der Waals surface area contributed by atoms with E-state index < -0.39 is 0 Å². The zero-order valence-electron chi connectivity index (χ0n) is 12.4. The highest BCUT2D eigenvalue weighted by atomic mass is 35.5. The van der Waals surface area contributed by atoms with Gasteiger partial charge in [0.05, 0.1) is 13.7 Å². The molecule has 1 aromatic carbocycles. The number of halogens is 1. The summed E-state index contributed by atoms with van der Waals surface area (Å²) in [5.41, 5.74) is 0.966. The first-order valence-electron chi connectivity index (χ1n) is 6.93. The van der Waals surface area contributed by atoms with Crippen molar-refractivity contribution in [2.75, 3.05) is 26.9 Å². The molecule has 0 saturated heterocycles. The van der Waals surface area contributed by atoms with E-state index in [-0.39, 0.29) is 12.5 Å². The average Bonchev–Trinajstić information content (AvgIpc) is 2.45. The van der Waals surface area contributed by atoms with E-state index in [9.17, 15) is 0 Å². The molecule has 0 aliphatic rings. The van der Waals surface area contributed by atoms with Crippen LogP contribution in [0, 0.1) is 5.92 Å². The summed E-state index contributed by atoms with van der Waals surface area (Å²) in [6, 6.07) is 3.62. The van der Waals surface area contributed by atoms with Crippen molar-refractivity contribution in [3.63, 3.8) is 0 Å². The zero-order chi connectivity index (χ0) is 15.0. The highest BCUT2D eigenvalue weighted by molar-refractivity contribution is 6.30. The Bertz CT molecular complexity index is 412. The smallest absolute Gasteiger partial charge is 0.165 e. The van der Waals surface area contributed by atoms with Crippen LogP contribution in [0.15, 0.2) is 12.1 Å². The molecule has 5 heteroatoms. The van der Waals surface area contributed by atoms with Crippen molar-refractivity contribution in [2.45, 2.75) is 26.8 Å². The largest absolute Gasteiger partial charge is 0.493 e. The predicted molar refractivity (Wildman–Crippen MR) is 81.7 cm³/mol. The number of methoxy groups -OCH3 is 1. The Morgan fingerprint density at radius 3 is 2.75 bits per heavy atom. The molecule has 1 rings (SSSR count). The Balaban J connectivity index is 2.90. The van der Waals surface area contributed by atoms with Gasteiger partial charge in [0.15, 0.2) is 11.5 Å². The third-order valence-corrected chi connectivity index (χ3v) is 3.10. The van der Waals surface area contributed by atoms with E-state index in [0.29, 0.717) is 29.7 Å². The van der Waals surface area contributed by atoms with Gasteiger partial charge < -0.3 is 19.9 Å². The molecule has 0 spiro atoms. The molecule has 1 atom stereocenters. The molecule has 0 aliphatic heterocycles. The molecule has 0 amide bonds. The lowest BCUT2D eigenvalue weighted by atomic mass is 10.1. The second-order valence-electron chi connectivity index (χ2n) is 4.87. The summed E-state index contributed by atoms with van der Waals surface area (Å²) in [5.74, 6) is 1.39. The van der Waals surface area contributed by atoms with Gasteiger partial charge in [0, 0.05) is 35.7 Å². The van der Waals surface area contributed by atoms with Gasteiger partial charge in [0.25, 0.3) is 0 Å². The number of benzene rings is 1. The van der Waals surface area contributed by atoms with Crippen molar-refractivity contribution >= 4 is 11.6 Å². The summed E-state index contributed by atoms with van der Waals surface area (Å²) < 4.78 is 11.2. The lowest BCUT2D eigenvalue weighted by molar-refractivity contribution is 0.170. The predicted octanol–water partition coefficient (Wildman–Crippen LogP) is 2.86. The fourth-order valence-electron chi connectivity index (χ4n) is 1.75. The van der Waals surface area contributed by atoms with Gasteiger partial charge in [-0.2, -0.15) is 0 Å². The molecule has 0 heterocycles. The van der Waals surface area contributed by atoms with Crippen LogP contribution in [0.1, 0.15) is 25.8 Å². The topological polar surface area (TPSA) is 50.7 Å². The molecule has 1 aromatic rings. The van der Waals surface area contributed by atoms with Crippen LogP contribution in [-0.4, -0.2) is 32.0 Å². The van der Waals surface area contributed by atoms with E-state index in [2.05, 4.69) is 12.2 Å². The molecule has 1 unspecified atom stereocenters. The third-order valence-electron chi connectivity index (χ3n) is 2.88. The summed E-state index contributed by atoms with van der Waals surface area (Å²) in [4.78, 5) is 0. The lowest BCUT2D eigenvalue weighted by Gasteiger charge is -2.18. The fourth-order valence-corrected chi connectivity index (χ4v) is 1.98. The Kier molecular flexibility index (Phi) is 7.73. The number of rotatable bonds is 9. The minimum atomic E-state index is 0.0758. The van der Waals surface area contributed by atoms with E-state index in [0.717, 1.165) is 18.5 Å². The van der Waals surface area contributed by atoms with Crippen LogP contribution < -0.4 is 14.8 Å². The average molecular weight is 302 g/mol. The standard InChI is InChI=1S/C15H24ClNO3/c1-4-5-17-8-12-6-13(16)7-14(19-3)15(12)20-10-11(2)9-18/h6-7,11,17-18H,4-5,8-10H2,1-3H3. The van der Waals surface area contributed by atoms with E-state index in [1.165, 1.54) is 0 Å². The number of aliphatic hydroxyl groups is 1. The first-order chi connectivity index (χ1) is 9.62. The molecule has 20 heavy (non-hydrogen) atoms. The van der Waals surface area contributed by atoms with Crippen molar-refractivity contribution in [1.82, 2.24) is 5.32 Å². The maximum absolute atomic E-state index is 9.08. The van der Waals surface area contributed by atoms with Gasteiger partial charge in [-0.15, -0.1) is 0 Å². The van der Waals surface area contributed by atoms with Gasteiger partial charge in [0.2, 0.25) is 0 Å². The van der Waals surface area contributed by atoms with Crippen molar-refractivity contribution in [3.05, 3.63) is 22.7 Å². The fraction of sp³-hybridized carbons (Fsp3) is 0.600. The highest BCUT2D eigenvalue weighted by Crippen LogP contribution is 2.35. The second kappa shape index (κ2) is 9.06. The lowest BCUT2D eigenvalue weighted by Crippen LogP contribution is -2.17. The van der Waals surface area contributed by atoms with Crippen molar-refractivity contribution in [3.8, 4) is 11.5 Å². The van der Waals surface area contributed by atoms with Gasteiger partial charge in [-0.05, 0) is 19.0 Å². The first kappa shape index (κ1) is 17.1. The maximum Gasteiger partial charge on any atom is 0.165 e. The van der Waals surface area contributed by atoms with Gasteiger partial charge in [-0.25, -0.2) is 0 Å². The Morgan fingerprint density at radius 1 is 1.40 bits per heavy atom. The molecular formula is C15H24ClNO3. The third kappa shape index (κ3) is 5.19. The highest BCUT2D eigenvalue weighted by Gasteiger charge is 2.14. The van der Waals surface area contributed by atoms with Crippen LogP contribution in [-0.2, 0) is 6.54 Å². The van der Waals surface area contributed by atoms with Crippen LogP contribution in [0.5, 0.6) is 11.5 Å². The van der Waals surface area contributed by atoms with Crippen molar-refractivity contribution in [2.24, 2.45) is 5.92 Å². The summed E-state index contributed by atoms with van der Waals surface area (Å²) in [6.45, 7) is 6.19. The Hall–Kier alpha value is -0.970. The summed E-state index contributed by atoms with van der Waals surface area (Å²) in [6.07, 6.45) is 1.06. The molecule has 0 bridgehead atoms. The van der Waals surface area contributed by atoms with Crippen LogP contribution in [0.4, 0.5) is 0 Å². The second-order valence-corrected chi connectivity index (χ2v) is 5.31. The Labute approximate surface area is 126 Å². The molecule has 0 fully saturated rings. The maximum atomic E-state index is 9.08. The Morgan fingerprint density at radius 2 is 2.15 bits per heavy atom. The summed E-state index contributed by atoms with van der Waals surface area (Å²) in [7, 11) is 1.59. The molecular weight excluding hydrogens is 278 g/mol. The van der Waals surface area contributed by atoms with Gasteiger partial charge in [0.1, 0.15) is 0 Å². The van der Waals surface area contributed by atoms with Crippen LogP contribution in [0.3, 0.4) is 0 Å². The number of nitrogens with one attached hydrogen (secondary N) is 1. The van der Waals surface area contributed by atoms with Crippen molar-refractivity contribution in [1.29, 1.82) is 0 Å². The van der Waals surface area contributed by atoms with Gasteiger partial charge in [-0.3, -0.25) is 0 Å². The zero-order valence-corrected chi connectivity index (χ0v) is 13.2. The first-order valence-corrected chi connectivity index (χ1v) is 7.30. The van der Waals surface area contributed by atoms with E-state index >= 15 is 0 Å². The number of aliphatic hydroxyl groups excluding tert-OH is 1. The van der Waals surface area contributed by atoms with Gasteiger partial charge in [-0.1, -0.05) is 25.4 Å². The van der Waals surface area contributed by atoms with E-state index in [1.807, 2.05) is 13.0 Å². The molecule has 0 aromatic heterocycles. The summed E-state index contributed by atoms with van der Waals surface area (Å²) >= 11 is 6.10. The summed E-state index contributed by atoms with van der Waals surface area (Å²) in [5, 5.41) is 13.0. The minimum absolute atomic E-state index is 0.0758. The van der Waals surface area contributed by atoms with E-state index in [4.69, 9.17) is 26.2 Å². The van der Waals surface area contributed by atoms with Crippen LogP contribution in [0.2, 0.25) is 5.02 Å². The van der Waals surface area contributed by atoms with E-state index in [1.54, 1.807) is 13.2 Å².